The van der Waals surface area contributed by atoms with Gasteiger partial charge in [0.05, 0.1) is 11.3 Å². The van der Waals surface area contributed by atoms with Crippen LogP contribution in [0, 0.1) is 0 Å². The van der Waals surface area contributed by atoms with Crippen molar-refractivity contribution in [1.82, 2.24) is 20.1 Å². The number of aromatic nitrogens is 3. The van der Waals surface area contributed by atoms with Crippen LogP contribution in [0.25, 0.3) is 5.69 Å². The van der Waals surface area contributed by atoms with E-state index < -0.39 is 11.7 Å². The molecule has 25 heavy (non-hydrogen) atoms. The molecule has 0 aliphatic heterocycles. The largest absolute Gasteiger partial charge is 0.416 e. The predicted octanol–water partition coefficient (Wildman–Crippen LogP) is 4.14. The maximum absolute atomic E-state index is 12.6. The highest BCUT2D eigenvalue weighted by Crippen LogP contribution is 2.29. The fourth-order valence-corrected chi connectivity index (χ4v) is 2.46. The van der Waals surface area contributed by atoms with Crippen LogP contribution < -0.4 is 5.32 Å². The van der Waals surface area contributed by atoms with E-state index in [-0.39, 0.29) is 6.04 Å². The molecule has 0 aliphatic rings. The molecular formula is C18H17F3N4. The minimum absolute atomic E-state index is 0.0621. The zero-order chi connectivity index (χ0) is 17.9. The Morgan fingerprint density at radius 3 is 2.28 bits per heavy atom. The van der Waals surface area contributed by atoms with Gasteiger partial charge in [-0.15, -0.1) is 0 Å². The number of nitrogens with one attached hydrogen (secondary N) is 1. The average molecular weight is 346 g/mol. The predicted molar refractivity (Wildman–Crippen MR) is 88.1 cm³/mol. The smallest absolute Gasteiger partial charge is 0.306 e. The fraction of sp³-hybridized carbons (Fsp3) is 0.222. The van der Waals surface area contributed by atoms with Gasteiger partial charge in [0.1, 0.15) is 12.7 Å². The van der Waals surface area contributed by atoms with E-state index in [1.807, 2.05) is 31.2 Å². The fourth-order valence-electron chi connectivity index (χ4n) is 2.46. The van der Waals surface area contributed by atoms with E-state index in [0.29, 0.717) is 6.54 Å². The Bertz CT molecular complexity index is 794. The lowest BCUT2D eigenvalue weighted by atomic mass is 10.1. The highest BCUT2D eigenvalue weighted by molar-refractivity contribution is 5.34. The van der Waals surface area contributed by atoms with Crippen LogP contribution in [0.15, 0.2) is 61.2 Å². The summed E-state index contributed by atoms with van der Waals surface area (Å²) in [5.74, 6) is 0. The molecule has 1 aromatic heterocycles. The molecule has 0 bridgehead atoms. The Morgan fingerprint density at radius 2 is 1.72 bits per heavy atom. The first kappa shape index (κ1) is 17.2. The van der Waals surface area contributed by atoms with Crippen molar-refractivity contribution >= 4 is 0 Å². The van der Waals surface area contributed by atoms with Crippen molar-refractivity contribution in [2.24, 2.45) is 0 Å². The van der Waals surface area contributed by atoms with Gasteiger partial charge >= 0.3 is 6.18 Å². The molecule has 7 heteroatoms. The van der Waals surface area contributed by atoms with E-state index in [2.05, 4.69) is 15.4 Å². The molecule has 0 amide bonds. The van der Waals surface area contributed by atoms with Gasteiger partial charge in [-0.2, -0.15) is 18.3 Å². The second kappa shape index (κ2) is 7.06. The van der Waals surface area contributed by atoms with Gasteiger partial charge in [0.15, 0.2) is 0 Å². The molecular weight excluding hydrogens is 329 g/mol. The van der Waals surface area contributed by atoms with Crippen molar-refractivity contribution in [1.29, 1.82) is 0 Å². The molecule has 1 atom stereocenters. The summed E-state index contributed by atoms with van der Waals surface area (Å²) in [7, 11) is 0. The van der Waals surface area contributed by atoms with Crippen molar-refractivity contribution in [3.05, 3.63) is 77.9 Å². The molecule has 3 aromatic rings. The molecule has 130 valence electrons. The van der Waals surface area contributed by atoms with Crippen LogP contribution in [0.5, 0.6) is 0 Å². The lowest BCUT2D eigenvalue weighted by Crippen LogP contribution is -2.18. The summed E-state index contributed by atoms with van der Waals surface area (Å²) in [5.41, 5.74) is 2.17. The highest BCUT2D eigenvalue weighted by atomic mass is 19.4. The van der Waals surface area contributed by atoms with Gasteiger partial charge < -0.3 is 5.32 Å². The van der Waals surface area contributed by atoms with Gasteiger partial charge in [-0.3, -0.25) is 0 Å². The molecule has 0 unspecified atom stereocenters. The molecule has 0 saturated heterocycles. The summed E-state index contributed by atoms with van der Waals surface area (Å²) in [6, 6.07) is 13.1. The summed E-state index contributed by atoms with van der Waals surface area (Å²) in [4.78, 5) is 3.91. The van der Waals surface area contributed by atoms with Crippen LogP contribution in [0.4, 0.5) is 13.2 Å². The van der Waals surface area contributed by atoms with Crippen molar-refractivity contribution in [2.75, 3.05) is 0 Å². The van der Waals surface area contributed by atoms with Crippen molar-refractivity contribution < 1.29 is 13.2 Å². The van der Waals surface area contributed by atoms with Crippen molar-refractivity contribution in [3.8, 4) is 5.69 Å². The minimum atomic E-state index is -4.30. The molecule has 0 fully saturated rings. The molecule has 0 radical (unpaired) electrons. The summed E-state index contributed by atoms with van der Waals surface area (Å²) in [6.07, 6.45) is -1.20. The molecule has 0 saturated carbocycles. The maximum atomic E-state index is 12.6. The Kier molecular flexibility index (Phi) is 4.85. The summed E-state index contributed by atoms with van der Waals surface area (Å²) >= 11 is 0. The number of nitrogens with zero attached hydrogens (tertiary/aromatic N) is 3. The zero-order valence-electron chi connectivity index (χ0n) is 13.5. The lowest BCUT2D eigenvalue weighted by Gasteiger charge is -2.15. The van der Waals surface area contributed by atoms with Gasteiger partial charge in [0.25, 0.3) is 0 Å². The van der Waals surface area contributed by atoms with E-state index in [9.17, 15) is 13.2 Å². The first-order valence-corrected chi connectivity index (χ1v) is 7.78. The number of alkyl halides is 3. The highest BCUT2D eigenvalue weighted by Gasteiger charge is 2.29. The number of hydrogen-bond acceptors (Lipinski definition) is 3. The van der Waals surface area contributed by atoms with Gasteiger partial charge in [-0.25, -0.2) is 9.67 Å². The molecule has 3 rings (SSSR count). The first-order chi connectivity index (χ1) is 11.9. The molecule has 1 N–H and O–H groups in total. The summed E-state index contributed by atoms with van der Waals surface area (Å²) in [5, 5.41) is 7.38. The Morgan fingerprint density at radius 1 is 1.04 bits per heavy atom. The summed E-state index contributed by atoms with van der Waals surface area (Å²) in [6.45, 7) is 2.50. The number of benzene rings is 2. The van der Waals surface area contributed by atoms with Crippen LogP contribution in [0.3, 0.4) is 0 Å². The van der Waals surface area contributed by atoms with E-state index in [1.54, 1.807) is 11.0 Å². The topological polar surface area (TPSA) is 42.7 Å². The zero-order valence-corrected chi connectivity index (χ0v) is 13.5. The SMILES string of the molecule is C[C@@H](NCc1ccc(C(F)(F)F)cc1)c1ccc(-n2cncn2)cc1. The summed E-state index contributed by atoms with van der Waals surface area (Å²) < 4.78 is 39.4. The van der Waals surface area contributed by atoms with Gasteiger partial charge in [0, 0.05) is 12.6 Å². The van der Waals surface area contributed by atoms with Crippen LogP contribution in [0.1, 0.15) is 29.7 Å². The van der Waals surface area contributed by atoms with E-state index >= 15 is 0 Å². The number of hydrogen-bond donors (Lipinski definition) is 1. The Hall–Kier alpha value is -2.67. The first-order valence-electron chi connectivity index (χ1n) is 7.78. The monoisotopic (exact) mass is 346 g/mol. The molecule has 2 aromatic carbocycles. The van der Waals surface area contributed by atoms with Crippen LogP contribution in [-0.4, -0.2) is 14.8 Å². The van der Waals surface area contributed by atoms with E-state index in [1.165, 1.54) is 18.5 Å². The van der Waals surface area contributed by atoms with E-state index in [4.69, 9.17) is 0 Å². The molecule has 0 spiro atoms. The minimum Gasteiger partial charge on any atom is -0.306 e. The van der Waals surface area contributed by atoms with Crippen LogP contribution in [-0.2, 0) is 12.7 Å². The third-order valence-electron chi connectivity index (χ3n) is 3.97. The molecule has 1 heterocycles. The van der Waals surface area contributed by atoms with Crippen LogP contribution >= 0.6 is 0 Å². The maximum Gasteiger partial charge on any atom is 0.416 e. The second-order valence-electron chi connectivity index (χ2n) is 5.73. The van der Waals surface area contributed by atoms with Crippen molar-refractivity contribution in [3.63, 3.8) is 0 Å². The van der Waals surface area contributed by atoms with Gasteiger partial charge in [-0.05, 0) is 42.3 Å². The second-order valence-corrected chi connectivity index (χ2v) is 5.73. The Labute approximate surface area is 143 Å². The Balaban J connectivity index is 1.60. The van der Waals surface area contributed by atoms with Crippen LogP contribution in [0.2, 0.25) is 0 Å². The average Bonchev–Trinajstić information content (AvgIpc) is 3.14. The molecule has 4 nitrogen and oxygen atoms in total. The quantitative estimate of drug-likeness (QED) is 0.755. The standard InChI is InChI=1S/C18H17F3N4/c1-13(15-4-8-17(9-5-15)25-12-22-11-24-25)23-10-14-2-6-16(7-3-14)18(19,20)21/h2-9,11-13,23H,10H2,1H3/t13-/m1/s1. The molecule has 0 aliphatic carbocycles. The van der Waals surface area contributed by atoms with E-state index in [0.717, 1.165) is 28.9 Å². The van der Waals surface area contributed by atoms with Crippen molar-refractivity contribution in [2.45, 2.75) is 25.7 Å². The number of halogens is 3. The van der Waals surface area contributed by atoms with Gasteiger partial charge in [0.2, 0.25) is 0 Å². The third-order valence-corrected chi connectivity index (χ3v) is 3.97. The normalized spacial score (nSPS) is 13.0. The lowest BCUT2D eigenvalue weighted by molar-refractivity contribution is -0.137. The van der Waals surface area contributed by atoms with Gasteiger partial charge in [-0.1, -0.05) is 24.3 Å². The third kappa shape index (κ3) is 4.24. The number of rotatable bonds is 5.